The van der Waals surface area contributed by atoms with E-state index in [0.717, 1.165) is 24.0 Å². The summed E-state index contributed by atoms with van der Waals surface area (Å²) in [5, 5.41) is 0. The summed E-state index contributed by atoms with van der Waals surface area (Å²) in [7, 11) is 4.22. The average molecular weight is 284 g/mol. The molecule has 1 aliphatic rings. The molecule has 0 saturated carbocycles. The lowest BCUT2D eigenvalue weighted by Gasteiger charge is -2.13. The van der Waals surface area contributed by atoms with Gasteiger partial charge in [0, 0.05) is 4.47 Å². The van der Waals surface area contributed by atoms with E-state index in [1.165, 1.54) is 17.5 Å². The number of benzene rings is 1. The second-order valence-electron chi connectivity index (χ2n) is 4.59. The number of hydrogen-bond acceptors (Lipinski definition) is 2. The van der Waals surface area contributed by atoms with Crippen molar-refractivity contribution in [1.29, 1.82) is 0 Å². The van der Waals surface area contributed by atoms with Crippen LogP contribution in [0.3, 0.4) is 0 Å². The molecular weight excluding hydrogens is 266 g/mol. The average Bonchev–Trinajstić information content (AvgIpc) is 2.60. The van der Waals surface area contributed by atoms with Gasteiger partial charge in [0.1, 0.15) is 0 Å². The van der Waals surface area contributed by atoms with Crippen LogP contribution < -0.4 is 0 Å². The number of rotatable bonds is 4. The molecule has 1 aromatic rings. The molecular formula is C13H18BrNO. The van der Waals surface area contributed by atoms with Crippen molar-refractivity contribution < 1.29 is 4.74 Å². The van der Waals surface area contributed by atoms with Crippen LogP contribution in [-0.4, -0.2) is 25.5 Å². The molecule has 2 nitrogen and oxygen atoms in total. The van der Waals surface area contributed by atoms with Crippen LogP contribution in [0.15, 0.2) is 22.7 Å². The van der Waals surface area contributed by atoms with E-state index in [-0.39, 0.29) is 0 Å². The summed E-state index contributed by atoms with van der Waals surface area (Å²) in [5.74, 6) is 0. The second-order valence-corrected chi connectivity index (χ2v) is 5.50. The van der Waals surface area contributed by atoms with Crippen molar-refractivity contribution in [3.8, 4) is 0 Å². The summed E-state index contributed by atoms with van der Waals surface area (Å²) in [4.78, 5) is 2.22. The normalized spacial score (nSPS) is 19.1. The van der Waals surface area contributed by atoms with Crippen molar-refractivity contribution in [2.24, 2.45) is 0 Å². The molecule has 0 fully saturated rings. The summed E-state index contributed by atoms with van der Waals surface area (Å²) >= 11 is 3.49. The largest absolute Gasteiger partial charge is 0.369 e. The van der Waals surface area contributed by atoms with Gasteiger partial charge in [-0.25, -0.2) is 0 Å². The first-order valence-corrected chi connectivity index (χ1v) is 6.51. The van der Waals surface area contributed by atoms with Crippen LogP contribution >= 0.6 is 15.9 Å². The van der Waals surface area contributed by atoms with E-state index >= 15 is 0 Å². The minimum absolute atomic E-state index is 0.308. The molecule has 1 unspecified atom stereocenters. The summed E-state index contributed by atoms with van der Waals surface area (Å²) in [6.07, 6.45) is 2.61. The molecule has 1 aliphatic heterocycles. The second kappa shape index (κ2) is 5.30. The molecule has 0 bridgehead atoms. The zero-order chi connectivity index (χ0) is 11.5. The van der Waals surface area contributed by atoms with Crippen molar-refractivity contribution in [3.05, 3.63) is 33.8 Å². The zero-order valence-corrected chi connectivity index (χ0v) is 11.5. The van der Waals surface area contributed by atoms with Crippen molar-refractivity contribution >= 4 is 15.9 Å². The Hall–Kier alpha value is -0.380. The Bertz CT molecular complexity index is 365. The topological polar surface area (TPSA) is 12.5 Å². The van der Waals surface area contributed by atoms with Crippen LogP contribution in [0.4, 0.5) is 0 Å². The highest BCUT2D eigenvalue weighted by molar-refractivity contribution is 9.10. The third-order valence-electron chi connectivity index (χ3n) is 2.96. The van der Waals surface area contributed by atoms with E-state index < -0.39 is 0 Å². The van der Waals surface area contributed by atoms with Gasteiger partial charge in [0.2, 0.25) is 0 Å². The van der Waals surface area contributed by atoms with Gasteiger partial charge in [-0.2, -0.15) is 0 Å². The fraction of sp³-hybridized carbons (Fsp3) is 0.538. The van der Waals surface area contributed by atoms with Crippen LogP contribution in [0.2, 0.25) is 0 Å². The molecule has 0 spiro atoms. The SMILES string of the molecule is CN(C)CCCC1OCc2cc(Br)ccc21. The lowest BCUT2D eigenvalue weighted by Crippen LogP contribution is -2.13. The molecule has 0 radical (unpaired) electrons. The van der Waals surface area contributed by atoms with Gasteiger partial charge in [0.15, 0.2) is 0 Å². The zero-order valence-electron chi connectivity index (χ0n) is 9.87. The third kappa shape index (κ3) is 2.84. The van der Waals surface area contributed by atoms with Crippen LogP contribution in [-0.2, 0) is 11.3 Å². The van der Waals surface area contributed by atoms with E-state index in [9.17, 15) is 0 Å². The standard InChI is InChI=1S/C13H18BrNO/c1-15(2)7-3-4-13-12-6-5-11(14)8-10(12)9-16-13/h5-6,8,13H,3-4,7,9H2,1-2H3. The molecule has 88 valence electrons. The number of hydrogen-bond donors (Lipinski definition) is 0. The van der Waals surface area contributed by atoms with Gasteiger partial charge >= 0.3 is 0 Å². The smallest absolute Gasteiger partial charge is 0.0833 e. The maximum absolute atomic E-state index is 5.82. The quantitative estimate of drug-likeness (QED) is 0.840. The maximum Gasteiger partial charge on any atom is 0.0833 e. The van der Waals surface area contributed by atoms with Crippen LogP contribution in [0.25, 0.3) is 0 Å². The predicted octanol–water partition coefficient (Wildman–Crippen LogP) is 3.36. The molecule has 0 aliphatic carbocycles. The first-order valence-electron chi connectivity index (χ1n) is 5.71. The summed E-state index contributed by atoms with van der Waals surface area (Å²) in [6.45, 7) is 1.90. The van der Waals surface area contributed by atoms with Crippen LogP contribution in [0, 0.1) is 0 Å². The Labute approximate surface area is 106 Å². The lowest BCUT2D eigenvalue weighted by atomic mass is 10.0. The number of halogens is 1. The first kappa shape index (κ1) is 12.1. The predicted molar refractivity (Wildman–Crippen MR) is 69.5 cm³/mol. The Balaban J connectivity index is 1.95. The lowest BCUT2D eigenvalue weighted by molar-refractivity contribution is 0.0573. The van der Waals surface area contributed by atoms with Gasteiger partial charge in [-0.05, 0) is 56.7 Å². The highest BCUT2D eigenvalue weighted by atomic mass is 79.9. The van der Waals surface area contributed by atoms with Gasteiger partial charge < -0.3 is 9.64 Å². The van der Waals surface area contributed by atoms with E-state index in [4.69, 9.17) is 4.74 Å². The fourth-order valence-electron chi connectivity index (χ4n) is 2.13. The number of ether oxygens (including phenoxy) is 1. The fourth-order valence-corrected chi connectivity index (χ4v) is 2.53. The van der Waals surface area contributed by atoms with Crippen molar-refractivity contribution in [2.45, 2.75) is 25.6 Å². The van der Waals surface area contributed by atoms with Gasteiger partial charge in [-0.15, -0.1) is 0 Å². The summed E-state index contributed by atoms with van der Waals surface area (Å²) in [6, 6.07) is 6.46. The maximum atomic E-state index is 5.82. The molecule has 0 aromatic heterocycles. The number of fused-ring (bicyclic) bond motifs is 1. The van der Waals surface area contributed by atoms with Crippen molar-refractivity contribution in [1.82, 2.24) is 4.90 Å². The highest BCUT2D eigenvalue weighted by Gasteiger charge is 2.22. The highest BCUT2D eigenvalue weighted by Crippen LogP contribution is 2.35. The van der Waals surface area contributed by atoms with Gasteiger partial charge in [0.25, 0.3) is 0 Å². The van der Waals surface area contributed by atoms with E-state index in [1.807, 2.05) is 0 Å². The van der Waals surface area contributed by atoms with Gasteiger partial charge in [0.05, 0.1) is 12.7 Å². The van der Waals surface area contributed by atoms with Crippen molar-refractivity contribution in [3.63, 3.8) is 0 Å². The van der Waals surface area contributed by atoms with Gasteiger partial charge in [-0.3, -0.25) is 0 Å². The summed E-state index contributed by atoms with van der Waals surface area (Å²) in [5.41, 5.74) is 2.71. The Morgan fingerprint density at radius 3 is 3.00 bits per heavy atom. The minimum atomic E-state index is 0.308. The molecule has 1 atom stereocenters. The van der Waals surface area contributed by atoms with Crippen LogP contribution in [0.1, 0.15) is 30.1 Å². The van der Waals surface area contributed by atoms with Crippen LogP contribution in [0.5, 0.6) is 0 Å². The molecule has 2 rings (SSSR count). The monoisotopic (exact) mass is 283 g/mol. The van der Waals surface area contributed by atoms with Gasteiger partial charge in [-0.1, -0.05) is 22.0 Å². The Morgan fingerprint density at radius 2 is 2.25 bits per heavy atom. The first-order chi connectivity index (χ1) is 7.66. The molecule has 3 heteroatoms. The molecule has 0 amide bonds. The van der Waals surface area contributed by atoms with E-state index in [2.05, 4.69) is 53.1 Å². The molecule has 1 heterocycles. The molecule has 16 heavy (non-hydrogen) atoms. The Kier molecular flexibility index (Phi) is 4.00. The third-order valence-corrected chi connectivity index (χ3v) is 3.46. The van der Waals surface area contributed by atoms with E-state index in [1.54, 1.807) is 0 Å². The summed E-state index contributed by atoms with van der Waals surface area (Å²) < 4.78 is 6.96. The number of nitrogens with zero attached hydrogens (tertiary/aromatic N) is 1. The van der Waals surface area contributed by atoms with Crippen molar-refractivity contribution in [2.75, 3.05) is 20.6 Å². The molecule has 0 saturated heterocycles. The molecule has 0 N–H and O–H groups in total. The van der Waals surface area contributed by atoms with E-state index in [0.29, 0.717) is 6.10 Å². The Morgan fingerprint density at radius 1 is 1.44 bits per heavy atom. The minimum Gasteiger partial charge on any atom is -0.369 e. The molecule has 1 aromatic carbocycles.